The first-order valence-electron chi connectivity index (χ1n) is 9.33. The molecule has 1 amide bonds. The topological polar surface area (TPSA) is 140 Å². The van der Waals surface area contributed by atoms with Crippen LogP contribution in [-0.4, -0.2) is 40.5 Å². The summed E-state index contributed by atoms with van der Waals surface area (Å²) in [6.45, 7) is 0. The van der Waals surface area contributed by atoms with E-state index in [1.807, 2.05) is 0 Å². The van der Waals surface area contributed by atoms with Crippen molar-refractivity contribution in [2.24, 2.45) is 10.2 Å². The number of hydrogen-bond acceptors (Lipinski definition) is 6. The van der Waals surface area contributed by atoms with Gasteiger partial charge in [-0.2, -0.15) is 10.2 Å². The number of benzene rings is 3. The van der Waals surface area contributed by atoms with E-state index in [0.29, 0.717) is 22.4 Å². The number of hydrazone groups is 2. The molecule has 3 aromatic rings. The fourth-order valence-electron chi connectivity index (χ4n) is 2.74. The largest absolute Gasteiger partial charge is 0.478 e. The van der Waals surface area contributed by atoms with Gasteiger partial charge in [-0.3, -0.25) is 10.2 Å². The van der Waals surface area contributed by atoms with Crippen LogP contribution in [0.1, 0.15) is 42.2 Å². The first kappa shape index (κ1) is 21.9. The van der Waals surface area contributed by atoms with Crippen LogP contribution in [0, 0.1) is 0 Å². The molecule has 0 aliphatic carbocycles. The summed E-state index contributed by atoms with van der Waals surface area (Å²) in [5, 5.41) is 26.2. The summed E-state index contributed by atoms with van der Waals surface area (Å²) in [6.07, 6.45) is 2.63. The molecule has 0 spiro atoms. The van der Waals surface area contributed by atoms with E-state index in [0.717, 1.165) is 0 Å². The predicted octanol–water partition coefficient (Wildman–Crippen LogP) is 3.29. The van der Waals surface area contributed by atoms with Crippen molar-refractivity contribution in [3.63, 3.8) is 0 Å². The number of carboxylic acids is 2. The summed E-state index contributed by atoms with van der Waals surface area (Å²) < 4.78 is 0. The lowest BCUT2D eigenvalue weighted by atomic mass is 10.1. The highest BCUT2D eigenvalue weighted by molar-refractivity contribution is 6.00. The van der Waals surface area contributed by atoms with Crippen LogP contribution in [0.2, 0.25) is 0 Å². The Morgan fingerprint density at radius 1 is 0.719 bits per heavy atom. The van der Waals surface area contributed by atoms with E-state index in [2.05, 4.69) is 21.1 Å². The molecule has 160 valence electrons. The molecule has 3 rings (SSSR count). The zero-order chi connectivity index (χ0) is 22.9. The minimum atomic E-state index is -1.09. The van der Waals surface area contributed by atoms with Crippen molar-refractivity contribution >= 4 is 36.0 Å². The average molecular weight is 430 g/mol. The van der Waals surface area contributed by atoms with Gasteiger partial charge in [0.1, 0.15) is 0 Å². The summed E-state index contributed by atoms with van der Waals surface area (Å²) >= 11 is 0. The van der Waals surface area contributed by atoms with Crippen LogP contribution in [0.4, 0.5) is 5.69 Å². The van der Waals surface area contributed by atoms with Crippen molar-refractivity contribution in [2.45, 2.75) is 0 Å². The lowest BCUT2D eigenvalue weighted by molar-refractivity contribution is 0.0686. The molecule has 3 aromatic carbocycles. The number of rotatable bonds is 8. The number of carbonyl (C=O) groups excluding carboxylic acids is 1. The average Bonchev–Trinajstić information content (AvgIpc) is 2.79. The Kier molecular flexibility index (Phi) is 7.05. The van der Waals surface area contributed by atoms with Crippen LogP contribution in [-0.2, 0) is 0 Å². The van der Waals surface area contributed by atoms with Gasteiger partial charge < -0.3 is 10.2 Å². The third-order valence-electron chi connectivity index (χ3n) is 4.27. The Morgan fingerprint density at radius 2 is 1.28 bits per heavy atom. The third-order valence-corrected chi connectivity index (χ3v) is 4.27. The van der Waals surface area contributed by atoms with Crippen LogP contribution in [0.15, 0.2) is 83.0 Å². The van der Waals surface area contributed by atoms with Gasteiger partial charge in [0.25, 0.3) is 5.91 Å². The quantitative estimate of drug-likeness (QED) is 0.319. The highest BCUT2D eigenvalue weighted by atomic mass is 16.4. The van der Waals surface area contributed by atoms with Gasteiger partial charge in [0, 0.05) is 16.7 Å². The van der Waals surface area contributed by atoms with E-state index in [9.17, 15) is 24.6 Å². The predicted molar refractivity (Wildman–Crippen MR) is 120 cm³/mol. The fourth-order valence-corrected chi connectivity index (χ4v) is 2.74. The second-order valence-electron chi connectivity index (χ2n) is 6.43. The monoisotopic (exact) mass is 430 g/mol. The maximum absolute atomic E-state index is 12.3. The molecular formula is C23H18N4O5. The number of nitrogens with zero attached hydrogens (tertiary/aromatic N) is 2. The lowest BCUT2D eigenvalue weighted by Gasteiger charge is -2.05. The Morgan fingerprint density at radius 3 is 1.88 bits per heavy atom. The Labute approximate surface area is 182 Å². The van der Waals surface area contributed by atoms with Crippen LogP contribution >= 0.6 is 0 Å². The summed E-state index contributed by atoms with van der Waals surface area (Å²) in [4.78, 5) is 34.8. The number of anilines is 1. The maximum Gasteiger partial charge on any atom is 0.336 e. The molecule has 0 saturated carbocycles. The molecule has 0 unspecified atom stereocenters. The van der Waals surface area contributed by atoms with Crippen molar-refractivity contribution < 1.29 is 24.6 Å². The molecule has 4 N–H and O–H groups in total. The van der Waals surface area contributed by atoms with E-state index in [-0.39, 0.29) is 11.1 Å². The van der Waals surface area contributed by atoms with Gasteiger partial charge in [0.15, 0.2) is 0 Å². The van der Waals surface area contributed by atoms with Crippen molar-refractivity contribution in [3.8, 4) is 0 Å². The van der Waals surface area contributed by atoms with Gasteiger partial charge in [0.2, 0.25) is 0 Å². The van der Waals surface area contributed by atoms with Gasteiger partial charge in [-0.1, -0.05) is 42.5 Å². The molecule has 32 heavy (non-hydrogen) atoms. The smallest absolute Gasteiger partial charge is 0.336 e. The van der Waals surface area contributed by atoms with Crippen molar-refractivity contribution in [2.75, 3.05) is 5.43 Å². The molecule has 0 aliphatic heterocycles. The van der Waals surface area contributed by atoms with Gasteiger partial charge in [0.05, 0.1) is 29.2 Å². The summed E-state index contributed by atoms with van der Waals surface area (Å²) in [7, 11) is 0. The number of hydrogen-bond donors (Lipinski definition) is 4. The summed E-state index contributed by atoms with van der Waals surface area (Å²) in [5.41, 5.74) is 6.86. The normalized spacial score (nSPS) is 10.9. The Hall–Kier alpha value is -4.79. The number of carbonyl (C=O) groups is 3. The van der Waals surface area contributed by atoms with Crippen LogP contribution in [0.5, 0.6) is 0 Å². The molecule has 0 atom stereocenters. The summed E-state index contributed by atoms with van der Waals surface area (Å²) in [6, 6.07) is 19.1. The minimum absolute atomic E-state index is 0.0685. The first-order chi connectivity index (χ1) is 15.5. The van der Waals surface area contributed by atoms with Gasteiger partial charge in [-0.25, -0.2) is 15.0 Å². The number of nitrogens with one attached hydrogen (secondary N) is 2. The number of carboxylic acid groups (broad SMARTS) is 2. The SMILES string of the molecule is O=C(N/N=C/c1ccccc1C(=O)O)c1cccc(N/N=C/c2ccccc2C(=O)O)c1. The minimum Gasteiger partial charge on any atom is -0.478 e. The van der Waals surface area contributed by atoms with Crippen LogP contribution < -0.4 is 10.9 Å². The van der Waals surface area contributed by atoms with Crippen LogP contribution in [0.3, 0.4) is 0 Å². The van der Waals surface area contributed by atoms with Crippen molar-refractivity contribution in [1.82, 2.24) is 5.43 Å². The Bertz CT molecular complexity index is 1220. The van der Waals surface area contributed by atoms with E-state index >= 15 is 0 Å². The molecule has 0 bridgehead atoms. The molecule has 9 heteroatoms. The zero-order valence-corrected chi connectivity index (χ0v) is 16.6. The molecule has 0 saturated heterocycles. The fraction of sp³-hybridized carbons (Fsp3) is 0. The van der Waals surface area contributed by atoms with Gasteiger partial charge in [-0.05, 0) is 30.3 Å². The number of amides is 1. The van der Waals surface area contributed by atoms with Gasteiger partial charge >= 0.3 is 11.9 Å². The standard InChI is InChI=1S/C23H18N4O5/c28-21(27-25-14-17-7-2-4-11-20(17)23(31)32)15-8-5-9-18(12-15)26-24-13-16-6-1-3-10-19(16)22(29)30/h1-14,26H,(H,27,28)(H,29,30)(H,31,32)/b24-13+,25-14+. The molecule has 0 aromatic heterocycles. The highest BCUT2D eigenvalue weighted by Gasteiger charge is 2.09. The Balaban J connectivity index is 1.65. The van der Waals surface area contributed by atoms with E-state index < -0.39 is 17.8 Å². The van der Waals surface area contributed by atoms with E-state index in [4.69, 9.17) is 0 Å². The van der Waals surface area contributed by atoms with Crippen LogP contribution in [0.25, 0.3) is 0 Å². The lowest BCUT2D eigenvalue weighted by Crippen LogP contribution is -2.18. The second kappa shape index (κ2) is 10.3. The molecule has 0 fully saturated rings. The summed E-state index contributed by atoms with van der Waals surface area (Å²) in [5.74, 6) is -2.65. The number of aromatic carboxylic acids is 2. The highest BCUT2D eigenvalue weighted by Crippen LogP contribution is 2.12. The molecule has 0 aliphatic rings. The molecule has 0 heterocycles. The second-order valence-corrected chi connectivity index (χ2v) is 6.43. The van der Waals surface area contributed by atoms with E-state index in [1.165, 1.54) is 30.6 Å². The molecular weight excluding hydrogens is 412 g/mol. The maximum atomic E-state index is 12.3. The van der Waals surface area contributed by atoms with Crippen molar-refractivity contribution in [3.05, 3.63) is 101 Å². The van der Waals surface area contributed by atoms with E-state index in [1.54, 1.807) is 54.6 Å². The van der Waals surface area contributed by atoms with Crippen molar-refractivity contribution in [1.29, 1.82) is 0 Å². The van der Waals surface area contributed by atoms with Gasteiger partial charge in [-0.15, -0.1) is 0 Å². The third kappa shape index (κ3) is 5.63. The zero-order valence-electron chi connectivity index (χ0n) is 16.6. The molecule has 0 radical (unpaired) electrons. The molecule has 9 nitrogen and oxygen atoms in total. The first-order valence-corrected chi connectivity index (χ1v) is 9.33.